The second-order valence-electron chi connectivity index (χ2n) is 1.88. The molecule has 1 aromatic rings. The van der Waals surface area contributed by atoms with Crippen LogP contribution in [-0.2, 0) is 11.7 Å². The Balaban J connectivity index is 3.07. The minimum absolute atomic E-state index is 0.116. The van der Waals surface area contributed by atoms with Crippen molar-refractivity contribution in [2.75, 3.05) is 0 Å². The van der Waals surface area contributed by atoms with E-state index in [4.69, 9.17) is 0 Å². The molecule has 1 radical (unpaired) electrons. The Morgan fingerprint density at radius 3 is 2.50 bits per heavy atom. The monoisotopic (exact) mass is 359 g/mol. The van der Waals surface area contributed by atoms with Gasteiger partial charge >= 0.3 is 0 Å². The van der Waals surface area contributed by atoms with Gasteiger partial charge in [-0.25, -0.2) is 5.11 Å². The van der Waals surface area contributed by atoms with Crippen molar-refractivity contribution in [3.05, 3.63) is 30.9 Å². The minimum Gasteiger partial charge on any atom is -0.232 e. The van der Waals surface area contributed by atoms with Gasteiger partial charge < -0.3 is 0 Å². The molecule has 0 N–H and O–H groups in total. The van der Waals surface area contributed by atoms with E-state index in [9.17, 15) is 5.11 Å². The van der Waals surface area contributed by atoms with E-state index in [1.165, 1.54) is 3.57 Å². The molecule has 0 bridgehead atoms. The van der Waals surface area contributed by atoms with Crippen molar-refractivity contribution in [3.8, 4) is 0 Å². The zero-order valence-electron chi connectivity index (χ0n) is 5.10. The van der Waals surface area contributed by atoms with Gasteiger partial charge in [-0.3, -0.25) is 0 Å². The third-order valence-corrected chi connectivity index (χ3v) is 2.85. The predicted octanol–water partition coefficient (Wildman–Crippen LogP) is 2.83. The lowest BCUT2D eigenvalue weighted by atomic mass is 10.2. The molecule has 0 aliphatic heterocycles. The molecule has 0 aromatic heterocycles. The van der Waals surface area contributed by atoms with Crippen molar-refractivity contribution in [2.24, 2.45) is 0 Å². The first-order chi connectivity index (χ1) is 4.74. The summed E-state index contributed by atoms with van der Waals surface area (Å²) in [4.78, 5) is 0. The van der Waals surface area contributed by atoms with Gasteiger partial charge in [0.25, 0.3) is 0 Å². The maximum absolute atomic E-state index is 10.5. The summed E-state index contributed by atoms with van der Waals surface area (Å²) in [5.74, 6) is 0. The molecular formula is C7H5I2O. The van der Waals surface area contributed by atoms with Gasteiger partial charge in [0.2, 0.25) is 0 Å². The van der Waals surface area contributed by atoms with Crippen LogP contribution < -0.4 is 0 Å². The summed E-state index contributed by atoms with van der Waals surface area (Å²) in [5.41, 5.74) is 0.890. The number of hydrogen-bond donors (Lipinski definition) is 0. The topological polar surface area (TPSA) is 19.9 Å². The Morgan fingerprint density at radius 1 is 1.30 bits per heavy atom. The molecule has 0 aliphatic carbocycles. The molecule has 1 nitrogen and oxygen atoms in total. The number of rotatable bonds is 1. The van der Waals surface area contributed by atoms with Gasteiger partial charge in [-0.15, -0.1) is 0 Å². The second kappa shape index (κ2) is 3.87. The molecule has 3 heteroatoms. The van der Waals surface area contributed by atoms with Crippen molar-refractivity contribution < 1.29 is 5.11 Å². The molecule has 53 valence electrons. The SMILES string of the molecule is [O]Cc1ccc(I)cc1I. The molecule has 1 rings (SSSR count). The fraction of sp³-hybridized carbons (Fsp3) is 0.143. The maximum Gasteiger partial charge on any atom is 0.108 e. The van der Waals surface area contributed by atoms with Gasteiger partial charge in [0, 0.05) is 7.14 Å². The highest BCUT2D eigenvalue weighted by Gasteiger charge is 1.97. The molecular weight excluding hydrogens is 354 g/mol. The third-order valence-electron chi connectivity index (χ3n) is 1.17. The Kier molecular flexibility index (Phi) is 3.38. The quantitative estimate of drug-likeness (QED) is 0.688. The Morgan fingerprint density at radius 2 is 2.00 bits per heavy atom. The first kappa shape index (κ1) is 8.73. The van der Waals surface area contributed by atoms with E-state index in [0.29, 0.717) is 0 Å². The van der Waals surface area contributed by atoms with Gasteiger partial charge in [-0.2, -0.15) is 0 Å². The first-order valence-electron chi connectivity index (χ1n) is 2.76. The molecule has 1 aromatic carbocycles. The minimum atomic E-state index is -0.116. The van der Waals surface area contributed by atoms with Crippen molar-refractivity contribution >= 4 is 45.2 Å². The van der Waals surface area contributed by atoms with E-state index in [-0.39, 0.29) is 6.61 Å². The van der Waals surface area contributed by atoms with Crippen LogP contribution in [0.25, 0.3) is 0 Å². The molecule has 0 fully saturated rings. The zero-order chi connectivity index (χ0) is 7.56. The van der Waals surface area contributed by atoms with E-state index < -0.39 is 0 Å². The highest BCUT2D eigenvalue weighted by atomic mass is 127. The summed E-state index contributed by atoms with van der Waals surface area (Å²) >= 11 is 4.41. The normalized spacial score (nSPS) is 9.90. The summed E-state index contributed by atoms with van der Waals surface area (Å²) in [5, 5.41) is 10.5. The fourth-order valence-corrected chi connectivity index (χ4v) is 2.40. The van der Waals surface area contributed by atoms with Gasteiger partial charge in [-0.05, 0) is 62.9 Å². The maximum atomic E-state index is 10.5. The molecule has 0 unspecified atom stereocenters. The van der Waals surface area contributed by atoms with E-state index >= 15 is 0 Å². The van der Waals surface area contributed by atoms with Crippen molar-refractivity contribution in [1.82, 2.24) is 0 Å². The molecule has 0 heterocycles. The predicted molar refractivity (Wildman–Crippen MR) is 56.3 cm³/mol. The number of hydrogen-bond acceptors (Lipinski definition) is 0. The van der Waals surface area contributed by atoms with E-state index in [1.54, 1.807) is 0 Å². The third kappa shape index (κ3) is 2.06. The van der Waals surface area contributed by atoms with Gasteiger partial charge in [-0.1, -0.05) is 6.07 Å². The summed E-state index contributed by atoms with van der Waals surface area (Å²) in [7, 11) is 0. The van der Waals surface area contributed by atoms with Crippen LogP contribution in [0.3, 0.4) is 0 Å². The largest absolute Gasteiger partial charge is 0.232 e. The molecule has 0 atom stereocenters. The lowest BCUT2D eigenvalue weighted by Gasteiger charge is -1.98. The summed E-state index contributed by atoms with van der Waals surface area (Å²) in [6, 6.07) is 5.85. The van der Waals surface area contributed by atoms with Crippen LogP contribution in [0.1, 0.15) is 5.56 Å². The summed E-state index contributed by atoms with van der Waals surface area (Å²) in [6.07, 6.45) is 0. The van der Waals surface area contributed by atoms with Gasteiger partial charge in [0.15, 0.2) is 0 Å². The Labute approximate surface area is 87.1 Å². The molecule has 0 amide bonds. The standard InChI is InChI=1S/C7H5I2O/c8-6-2-1-5(4-10)7(9)3-6/h1-3H,4H2. The average molecular weight is 359 g/mol. The number of benzene rings is 1. The van der Waals surface area contributed by atoms with Crippen LogP contribution in [0.5, 0.6) is 0 Å². The lowest BCUT2D eigenvalue weighted by molar-refractivity contribution is 0.177. The van der Waals surface area contributed by atoms with Gasteiger partial charge in [0.05, 0.1) is 0 Å². The van der Waals surface area contributed by atoms with Crippen LogP contribution >= 0.6 is 45.2 Å². The molecule has 0 saturated heterocycles. The van der Waals surface area contributed by atoms with E-state index in [0.717, 1.165) is 9.13 Å². The van der Waals surface area contributed by atoms with Crippen molar-refractivity contribution in [1.29, 1.82) is 0 Å². The van der Waals surface area contributed by atoms with Crippen LogP contribution in [0.4, 0.5) is 0 Å². The van der Waals surface area contributed by atoms with Crippen LogP contribution in [-0.4, -0.2) is 0 Å². The Hall–Kier alpha value is 0.640. The second-order valence-corrected chi connectivity index (χ2v) is 4.29. The van der Waals surface area contributed by atoms with Crippen LogP contribution in [0, 0.1) is 7.14 Å². The summed E-state index contributed by atoms with van der Waals surface area (Å²) in [6.45, 7) is -0.116. The first-order valence-corrected chi connectivity index (χ1v) is 4.92. The highest BCUT2D eigenvalue weighted by molar-refractivity contribution is 14.1. The molecule has 0 spiro atoms. The molecule has 0 saturated carbocycles. The number of halogens is 2. The van der Waals surface area contributed by atoms with Gasteiger partial charge in [0.1, 0.15) is 6.61 Å². The summed E-state index contributed by atoms with van der Waals surface area (Å²) < 4.78 is 2.25. The van der Waals surface area contributed by atoms with E-state index in [2.05, 4.69) is 45.2 Å². The average Bonchev–Trinajstić information content (AvgIpc) is 1.88. The Bertz CT molecular complexity index is 235. The fourth-order valence-electron chi connectivity index (χ4n) is 0.639. The molecule has 10 heavy (non-hydrogen) atoms. The zero-order valence-corrected chi connectivity index (χ0v) is 9.42. The van der Waals surface area contributed by atoms with E-state index in [1.807, 2.05) is 18.2 Å². The highest BCUT2D eigenvalue weighted by Crippen LogP contribution is 2.15. The van der Waals surface area contributed by atoms with Crippen LogP contribution in [0.15, 0.2) is 18.2 Å². The lowest BCUT2D eigenvalue weighted by Crippen LogP contribution is -1.86. The van der Waals surface area contributed by atoms with Crippen molar-refractivity contribution in [3.63, 3.8) is 0 Å². The van der Waals surface area contributed by atoms with Crippen molar-refractivity contribution in [2.45, 2.75) is 6.61 Å². The smallest absolute Gasteiger partial charge is 0.108 e. The van der Waals surface area contributed by atoms with Crippen LogP contribution in [0.2, 0.25) is 0 Å². The molecule has 0 aliphatic rings.